The number of anilines is 1. The van der Waals surface area contributed by atoms with Gasteiger partial charge in [-0.3, -0.25) is 9.59 Å². The van der Waals surface area contributed by atoms with Gasteiger partial charge in [0.05, 0.1) is 7.05 Å². The molecule has 5 nitrogen and oxygen atoms in total. The van der Waals surface area contributed by atoms with Gasteiger partial charge in [-0.1, -0.05) is 12.1 Å². The zero-order valence-corrected chi connectivity index (χ0v) is 12.9. The standard InChI is InChI=1S/C16H23N3O2/c1-11-5-4-6-14(9-11)18-16(21)12(2)19(3)10-15(20)17-13-7-8-13/h4-6,9,12-13H,7-8,10H2,1-3H3,(H,17,20)(H,18,21)/p+1/t12-/m1/s1. The van der Waals surface area contributed by atoms with Crippen LogP contribution in [0.4, 0.5) is 5.69 Å². The summed E-state index contributed by atoms with van der Waals surface area (Å²) < 4.78 is 0. The van der Waals surface area contributed by atoms with Crippen molar-refractivity contribution in [2.75, 3.05) is 18.9 Å². The van der Waals surface area contributed by atoms with E-state index in [4.69, 9.17) is 0 Å². The van der Waals surface area contributed by atoms with E-state index in [2.05, 4.69) is 10.6 Å². The first kappa shape index (κ1) is 15.5. The smallest absolute Gasteiger partial charge is 0.282 e. The molecule has 0 aromatic heterocycles. The number of hydrogen-bond donors (Lipinski definition) is 3. The third-order valence-corrected chi connectivity index (χ3v) is 3.80. The fraction of sp³-hybridized carbons (Fsp3) is 0.500. The number of rotatable bonds is 6. The van der Waals surface area contributed by atoms with Crippen molar-refractivity contribution in [1.29, 1.82) is 0 Å². The minimum absolute atomic E-state index is 0.0187. The number of carbonyl (C=O) groups is 2. The highest BCUT2D eigenvalue weighted by atomic mass is 16.2. The molecule has 1 aromatic carbocycles. The van der Waals surface area contributed by atoms with Crippen LogP contribution in [0.15, 0.2) is 24.3 Å². The van der Waals surface area contributed by atoms with Crippen molar-refractivity contribution in [1.82, 2.24) is 5.32 Å². The summed E-state index contributed by atoms with van der Waals surface area (Å²) in [6.07, 6.45) is 2.16. The summed E-state index contributed by atoms with van der Waals surface area (Å²) in [5.74, 6) is -0.0532. The number of amides is 2. The van der Waals surface area contributed by atoms with Crippen molar-refractivity contribution >= 4 is 17.5 Å². The lowest BCUT2D eigenvalue weighted by Gasteiger charge is -2.20. The molecule has 114 valence electrons. The largest absolute Gasteiger partial charge is 0.348 e. The number of likely N-dealkylation sites (N-methyl/N-ethyl adjacent to an activating group) is 1. The molecular formula is C16H24N3O2+. The summed E-state index contributed by atoms with van der Waals surface area (Å²) in [4.78, 5) is 24.9. The first-order valence-corrected chi connectivity index (χ1v) is 7.45. The fourth-order valence-electron chi connectivity index (χ4n) is 2.11. The highest BCUT2D eigenvalue weighted by molar-refractivity contribution is 5.93. The van der Waals surface area contributed by atoms with Crippen LogP contribution >= 0.6 is 0 Å². The lowest BCUT2D eigenvalue weighted by atomic mass is 10.2. The highest BCUT2D eigenvalue weighted by Crippen LogP contribution is 2.18. The maximum Gasteiger partial charge on any atom is 0.282 e. The summed E-state index contributed by atoms with van der Waals surface area (Å²) in [7, 11) is 1.87. The predicted molar refractivity (Wildman–Crippen MR) is 82.2 cm³/mol. The van der Waals surface area contributed by atoms with Crippen LogP contribution in [0.1, 0.15) is 25.3 Å². The molecule has 1 unspecified atom stereocenters. The summed E-state index contributed by atoms with van der Waals surface area (Å²) in [6, 6.07) is 7.78. The van der Waals surface area contributed by atoms with Crippen LogP contribution in [-0.4, -0.2) is 37.5 Å². The average molecular weight is 290 g/mol. The quantitative estimate of drug-likeness (QED) is 0.696. The SMILES string of the molecule is Cc1cccc(NC(=O)[C@@H](C)[NH+](C)CC(=O)NC2CC2)c1. The van der Waals surface area contributed by atoms with E-state index in [0.717, 1.165) is 29.0 Å². The van der Waals surface area contributed by atoms with Crippen LogP contribution in [0.3, 0.4) is 0 Å². The molecule has 1 aliphatic carbocycles. The van der Waals surface area contributed by atoms with Gasteiger partial charge in [-0.2, -0.15) is 0 Å². The zero-order valence-electron chi connectivity index (χ0n) is 12.9. The third kappa shape index (κ3) is 4.86. The zero-order chi connectivity index (χ0) is 15.4. The first-order valence-electron chi connectivity index (χ1n) is 7.45. The van der Waals surface area contributed by atoms with Crippen molar-refractivity contribution in [2.24, 2.45) is 0 Å². The van der Waals surface area contributed by atoms with Crippen molar-refractivity contribution in [3.63, 3.8) is 0 Å². The molecular weight excluding hydrogens is 266 g/mol. The van der Waals surface area contributed by atoms with Gasteiger partial charge in [0.15, 0.2) is 12.6 Å². The molecule has 0 saturated heterocycles. The number of hydrogen-bond acceptors (Lipinski definition) is 2. The first-order chi connectivity index (χ1) is 9.95. The van der Waals surface area contributed by atoms with Crippen LogP contribution in [-0.2, 0) is 9.59 Å². The van der Waals surface area contributed by atoms with E-state index in [-0.39, 0.29) is 17.9 Å². The number of nitrogens with one attached hydrogen (secondary N) is 3. The molecule has 3 N–H and O–H groups in total. The van der Waals surface area contributed by atoms with Gasteiger partial charge < -0.3 is 15.5 Å². The van der Waals surface area contributed by atoms with Crippen molar-refractivity contribution < 1.29 is 14.5 Å². The number of quaternary nitrogens is 1. The molecule has 1 saturated carbocycles. The average Bonchev–Trinajstić information content (AvgIpc) is 3.21. The molecule has 0 aliphatic heterocycles. The van der Waals surface area contributed by atoms with Gasteiger partial charge in [0.2, 0.25) is 0 Å². The van der Waals surface area contributed by atoms with Gasteiger partial charge in [-0.15, -0.1) is 0 Å². The Hall–Kier alpha value is -1.88. The second-order valence-corrected chi connectivity index (χ2v) is 5.95. The summed E-state index contributed by atoms with van der Waals surface area (Å²) in [6.45, 7) is 4.14. The molecule has 1 aliphatic rings. The van der Waals surface area contributed by atoms with Gasteiger partial charge in [0.1, 0.15) is 0 Å². The van der Waals surface area contributed by atoms with Gasteiger partial charge in [-0.25, -0.2) is 0 Å². The van der Waals surface area contributed by atoms with Crippen molar-refractivity contribution in [3.8, 4) is 0 Å². The van der Waals surface area contributed by atoms with Crippen LogP contribution < -0.4 is 15.5 Å². The summed E-state index contributed by atoms with van der Waals surface area (Å²) in [5.41, 5.74) is 1.90. The fourth-order valence-corrected chi connectivity index (χ4v) is 2.11. The minimum Gasteiger partial charge on any atom is -0.348 e. The summed E-state index contributed by atoms with van der Waals surface area (Å²) in [5, 5.41) is 5.84. The molecule has 2 rings (SSSR count). The van der Waals surface area contributed by atoms with Crippen LogP contribution in [0.5, 0.6) is 0 Å². The van der Waals surface area contributed by atoms with E-state index in [1.807, 2.05) is 45.2 Å². The maximum atomic E-state index is 12.2. The lowest BCUT2D eigenvalue weighted by molar-refractivity contribution is -0.885. The topological polar surface area (TPSA) is 62.6 Å². The van der Waals surface area contributed by atoms with Crippen LogP contribution in [0.2, 0.25) is 0 Å². The second-order valence-electron chi connectivity index (χ2n) is 5.95. The molecule has 0 bridgehead atoms. The molecule has 1 aromatic rings. The summed E-state index contributed by atoms with van der Waals surface area (Å²) >= 11 is 0. The van der Waals surface area contributed by atoms with Crippen molar-refractivity contribution in [3.05, 3.63) is 29.8 Å². The van der Waals surface area contributed by atoms with Gasteiger partial charge in [0.25, 0.3) is 11.8 Å². The molecule has 2 amide bonds. The molecule has 1 fully saturated rings. The maximum absolute atomic E-state index is 12.2. The minimum atomic E-state index is -0.282. The van der Waals surface area contributed by atoms with E-state index in [1.165, 1.54) is 0 Å². The monoisotopic (exact) mass is 290 g/mol. The molecule has 0 heterocycles. The number of carbonyl (C=O) groups excluding carboxylic acids is 2. The second kappa shape index (κ2) is 6.72. The lowest BCUT2D eigenvalue weighted by Crippen LogP contribution is -3.15. The Labute approximate surface area is 125 Å². The third-order valence-electron chi connectivity index (χ3n) is 3.80. The van der Waals surface area contributed by atoms with E-state index in [9.17, 15) is 9.59 Å². The predicted octanol–water partition coefficient (Wildman–Crippen LogP) is 0.115. The molecule has 5 heteroatoms. The Bertz CT molecular complexity index is 526. The van der Waals surface area contributed by atoms with Gasteiger partial charge in [0, 0.05) is 11.7 Å². The Kier molecular flexibility index (Phi) is 4.96. The normalized spacial score (nSPS) is 16.9. The molecule has 0 radical (unpaired) electrons. The Morgan fingerprint density at radius 3 is 2.71 bits per heavy atom. The van der Waals surface area contributed by atoms with E-state index in [0.29, 0.717) is 12.6 Å². The Morgan fingerprint density at radius 2 is 2.10 bits per heavy atom. The van der Waals surface area contributed by atoms with Crippen LogP contribution in [0.25, 0.3) is 0 Å². The number of aryl methyl sites for hydroxylation is 1. The van der Waals surface area contributed by atoms with E-state index < -0.39 is 0 Å². The number of benzene rings is 1. The Balaban J connectivity index is 1.84. The van der Waals surface area contributed by atoms with Gasteiger partial charge in [-0.05, 0) is 44.4 Å². The van der Waals surface area contributed by atoms with E-state index >= 15 is 0 Å². The molecule has 0 spiro atoms. The van der Waals surface area contributed by atoms with Crippen LogP contribution in [0, 0.1) is 6.92 Å². The highest BCUT2D eigenvalue weighted by Gasteiger charge is 2.27. The Morgan fingerprint density at radius 1 is 1.38 bits per heavy atom. The molecule has 21 heavy (non-hydrogen) atoms. The van der Waals surface area contributed by atoms with Crippen molar-refractivity contribution in [2.45, 2.75) is 38.8 Å². The van der Waals surface area contributed by atoms with Gasteiger partial charge >= 0.3 is 0 Å². The molecule has 2 atom stereocenters. The van der Waals surface area contributed by atoms with E-state index in [1.54, 1.807) is 0 Å².